The Hall–Kier alpha value is -1.33. The Morgan fingerprint density at radius 2 is 2.21 bits per heavy atom. The van der Waals surface area contributed by atoms with Crippen molar-refractivity contribution in [3.63, 3.8) is 0 Å². The molecule has 1 aliphatic heterocycles. The van der Waals surface area contributed by atoms with Crippen LogP contribution in [0.25, 0.3) is 10.2 Å². The third kappa shape index (κ3) is 2.82. The van der Waals surface area contributed by atoms with E-state index in [1.165, 1.54) is 0 Å². The third-order valence-electron chi connectivity index (χ3n) is 3.60. The molecule has 19 heavy (non-hydrogen) atoms. The number of hydrogen-bond acceptors (Lipinski definition) is 5. The Balaban J connectivity index is 1.75. The summed E-state index contributed by atoms with van der Waals surface area (Å²) in [7, 11) is 2.12. The number of rotatable bonds is 3. The van der Waals surface area contributed by atoms with Crippen LogP contribution in [0.3, 0.4) is 0 Å². The van der Waals surface area contributed by atoms with Gasteiger partial charge in [-0.3, -0.25) is 0 Å². The second-order valence-electron chi connectivity index (χ2n) is 5.16. The van der Waals surface area contributed by atoms with Crippen LogP contribution in [0.4, 0.5) is 10.8 Å². The fourth-order valence-corrected chi connectivity index (χ4v) is 3.47. The van der Waals surface area contributed by atoms with Crippen molar-refractivity contribution < 1.29 is 4.74 Å². The molecule has 1 aromatic heterocycles. The number of thiazole rings is 1. The molecule has 0 spiro atoms. The lowest BCUT2D eigenvalue weighted by molar-refractivity contribution is 0.0685. The molecule has 2 heterocycles. The van der Waals surface area contributed by atoms with Crippen LogP contribution in [0, 0.1) is 5.92 Å². The molecule has 0 aliphatic carbocycles. The zero-order valence-corrected chi connectivity index (χ0v) is 11.9. The van der Waals surface area contributed by atoms with Crippen LogP contribution in [0.1, 0.15) is 12.8 Å². The fraction of sp³-hybridized carbons (Fsp3) is 0.500. The highest BCUT2D eigenvalue weighted by Gasteiger charge is 2.17. The lowest BCUT2D eigenvalue weighted by atomic mass is 10.0. The summed E-state index contributed by atoms with van der Waals surface area (Å²) in [6, 6.07) is 5.90. The minimum Gasteiger partial charge on any atom is -0.399 e. The summed E-state index contributed by atoms with van der Waals surface area (Å²) in [5, 5.41) is 1.08. The summed E-state index contributed by atoms with van der Waals surface area (Å²) in [6.45, 7) is 2.85. The van der Waals surface area contributed by atoms with Crippen molar-refractivity contribution in [3.05, 3.63) is 18.2 Å². The van der Waals surface area contributed by atoms with Gasteiger partial charge in [-0.15, -0.1) is 0 Å². The Morgan fingerprint density at radius 1 is 1.42 bits per heavy atom. The maximum absolute atomic E-state index is 5.81. The van der Waals surface area contributed by atoms with Gasteiger partial charge in [0.1, 0.15) is 0 Å². The van der Waals surface area contributed by atoms with E-state index in [-0.39, 0.29) is 0 Å². The first-order valence-corrected chi connectivity index (χ1v) is 7.49. The Bertz CT molecular complexity index is 563. The number of benzene rings is 1. The van der Waals surface area contributed by atoms with Gasteiger partial charge in [-0.05, 0) is 37.0 Å². The van der Waals surface area contributed by atoms with Gasteiger partial charge in [-0.25, -0.2) is 4.98 Å². The smallest absolute Gasteiger partial charge is 0.186 e. The highest BCUT2D eigenvalue weighted by molar-refractivity contribution is 7.22. The first-order chi connectivity index (χ1) is 9.22. The molecular formula is C14H19N3OS. The van der Waals surface area contributed by atoms with E-state index in [2.05, 4.69) is 16.9 Å². The number of fused-ring (bicyclic) bond motifs is 1. The number of nitrogens with two attached hydrogens (primary N) is 1. The Labute approximate surface area is 117 Å². The summed E-state index contributed by atoms with van der Waals surface area (Å²) < 4.78 is 6.56. The van der Waals surface area contributed by atoms with Gasteiger partial charge in [0.2, 0.25) is 0 Å². The molecule has 2 aromatic rings. The molecule has 3 rings (SSSR count). The standard InChI is InChI=1S/C14H19N3OS/c1-17(9-10-4-6-18-7-5-10)14-16-12-3-2-11(15)8-13(12)19-14/h2-3,8,10H,4-7,9,15H2,1H3. The van der Waals surface area contributed by atoms with Crippen molar-refractivity contribution in [2.24, 2.45) is 5.92 Å². The van der Waals surface area contributed by atoms with E-state index in [1.807, 2.05) is 18.2 Å². The van der Waals surface area contributed by atoms with Crippen molar-refractivity contribution >= 4 is 32.4 Å². The first kappa shape index (κ1) is 12.7. The van der Waals surface area contributed by atoms with E-state index in [0.29, 0.717) is 0 Å². The summed E-state index contributed by atoms with van der Waals surface area (Å²) in [6.07, 6.45) is 2.31. The van der Waals surface area contributed by atoms with E-state index >= 15 is 0 Å². The molecule has 0 bridgehead atoms. The lowest BCUT2D eigenvalue weighted by Crippen LogP contribution is -2.29. The van der Waals surface area contributed by atoms with Crippen LogP contribution >= 0.6 is 11.3 Å². The quantitative estimate of drug-likeness (QED) is 0.876. The summed E-state index contributed by atoms with van der Waals surface area (Å²) in [5.41, 5.74) is 7.65. The Kier molecular flexibility index (Phi) is 3.57. The van der Waals surface area contributed by atoms with E-state index in [4.69, 9.17) is 10.5 Å². The molecular weight excluding hydrogens is 258 g/mol. The molecule has 0 atom stereocenters. The van der Waals surface area contributed by atoms with Crippen molar-refractivity contribution in [1.82, 2.24) is 4.98 Å². The lowest BCUT2D eigenvalue weighted by Gasteiger charge is -2.26. The number of ether oxygens (including phenoxy) is 1. The first-order valence-electron chi connectivity index (χ1n) is 6.67. The molecule has 1 aromatic carbocycles. The van der Waals surface area contributed by atoms with E-state index < -0.39 is 0 Å². The molecule has 2 N–H and O–H groups in total. The van der Waals surface area contributed by atoms with Gasteiger partial charge in [-0.1, -0.05) is 11.3 Å². The van der Waals surface area contributed by atoms with Crippen molar-refractivity contribution in [2.45, 2.75) is 12.8 Å². The van der Waals surface area contributed by atoms with Crippen LogP contribution < -0.4 is 10.6 Å². The largest absolute Gasteiger partial charge is 0.399 e. The van der Waals surface area contributed by atoms with Crippen LogP contribution in [0.5, 0.6) is 0 Å². The van der Waals surface area contributed by atoms with E-state index in [9.17, 15) is 0 Å². The maximum Gasteiger partial charge on any atom is 0.186 e. The maximum atomic E-state index is 5.81. The monoisotopic (exact) mass is 277 g/mol. The molecule has 1 fully saturated rings. The predicted octanol–water partition coefficient (Wildman–Crippen LogP) is 2.74. The minimum atomic E-state index is 0.718. The summed E-state index contributed by atoms with van der Waals surface area (Å²) in [4.78, 5) is 6.94. The van der Waals surface area contributed by atoms with Crippen LogP contribution in [-0.4, -0.2) is 31.8 Å². The highest BCUT2D eigenvalue weighted by Crippen LogP contribution is 2.30. The van der Waals surface area contributed by atoms with Crippen LogP contribution in [-0.2, 0) is 4.74 Å². The molecule has 1 aliphatic rings. The number of nitrogens with zero attached hydrogens (tertiary/aromatic N) is 2. The molecule has 1 saturated heterocycles. The Morgan fingerprint density at radius 3 is 3.00 bits per heavy atom. The van der Waals surface area contributed by atoms with Crippen LogP contribution in [0.15, 0.2) is 18.2 Å². The fourth-order valence-electron chi connectivity index (χ4n) is 2.49. The zero-order chi connectivity index (χ0) is 13.2. The number of hydrogen-bond donors (Lipinski definition) is 1. The molecule has 0 radical (unpaired) electrons. The normalized spacial score (nSPS) is 16.9. The summed E-state index contributed by atoms with van der Waals surface area (Å²) >= 11 is 1.71. The van der Waals surface area contributed by atoms with E-state index in [1.54, 1.807) is 11.3 Å². The van der Waals surface area contributed by atoms with Gasteiger partial charge in [-0.2, -0.15) is 0 Å². The van der Waals surface area contributed by atoms with E-state index in [0.717, 1.165) is 59.6 Å². The van der Waals surface area contributed by atoms with Gasteiger partial charge in [0.15, 0.2) is 5.13 Å². The number of anilines is 2. The van der Waals surface area contributed by atoms with Gasteiger partial charge >= 0.3 is 0 Å². The second-order valence-corrected chi connectivity index (χ2v) is 6.17. The van der Waals surface area contributed by atoms with Crippen molar-refractivity contribution in [1.29, 1.82) is 0 Å². The predicted molar refractivity (Wildman–Crippen MR) is 80.8 cm³/mol. The topological polar surface area (TPSA) is 51.4 Å². The van der Waals surface area contributed by atoms with Gasteiger partial charge in [0, 0.05) is 32.5 Å². The number of aromatic nitrogens is 1. The highest BCUT2D eigenvalue weighted by atomic mass is 32.1. The van der Waals surface area contributed by atoms with Crippen LogP contribution in [0.2, 0.25) is 0 Å². The second kappa shape index (κ2) is 5.35. The molecule has 4 nitrogen and oxygen atoms in total. The van der Waals surface area contributed by atoms with Gasteiger partial charge in [0.05, 0.1) is 10.2 Å². The van der Waals surface area contributed by atoms with Crippen molar-refractivity contribution in [3.8, 4) is 0 Å². The average Bonchev–Trinajstić information content (AvgIpc) is 2.83. The SMILES string of the molecule is CN(CC1CCOCC1)c1nc2ccc(N)cc2s1. The van der Waals surface area contributed by atoms with Crippen molar-refractivity contribution in [2.75, 3.05) is 37.4 Å². The van der Waals surface area contributed by atoms with Gasteiger partial charge < -0.3 is 15.4 Å². The molecule has 0 unspecified atom stereocenters. The number of nitrogen functional groups attached to an aromatic ring is 1. The molecule has 102 valence electrons. The zero-order valence-electron chi connectivity index (χ0n) is 11.1. The summed E-state index contributed by atoms with van der Waals surface area (Å²) in [5.74, 6) is 0.718. The third-order valence-corrected chi connectivity index (χ3v) is 4.73. The molecule has 0 saturated carbocycles. The minimum absolute atomic E-state index is 0.718. The average molecular weight is 277 g/mol. The molecule has 0 amide bonds. The van der Waals surface area contributed by atoms with Gasteiger partial charge in [0.25, 0.3) is 0 Å². The molecule has 5 heteroatoms.